The topological polar surface area (TPSA) is 79.0 Å². The molecule has 2 aliphatic heterocycles. The van der Waals surface area contributed by atoms with E-state index in [0.29, 0.717) is 44.9 Å². The minimum absolute atomic E-state index is 0.0502. The molecule has 7 nitrogen and oxygen atoms in total. The van der Waals surface area contributed by atoms with Crippen LogP contribution in [-0.4, -0.2) is 70.3 Å². The Bertz CT molecular complexity index is 743. The summed E-state index contributed by atoms with van der Waals surface area (Å²) in [5.41, 5.74) is -4.53. The zero-order chi connectivity index (χ0) is 20.3. The number of hydrogen-bond acceptors (Lipinski definition) is 4. The van der Waals surface area contributed by atoms with E-state index in [0.717, 1.165) is 18.6 Å². The van der Waals surface area contributed by atoms with E-state index in [2.05, 4.69) is 5.32 Å². The largest absolute Gasteiger partial charge is 0.475 e. The molecular weight excluding hydrogens is 399 g/mol. The van der Waals surface area contributed by atoms with E-state index >= 15 is 0 Å². The summed E-state index contributed by atoms with van der Waals surface area (Å²) in [6.07, 6.45) is 1.20. The first-order chi connectivity index (χ1) is 13.3. The number of nitrogens with zero attached hydrogens (tertiary/aromatic N) is 2. The summed E-state index contributed by atoms with van der Waals surface area (Å²) < 4.78 is 54.1. The third kappa shape index (κ3) is 4.82. The van der Waals surface area contributed by atoms with Gasteiger partial charge in [-0.3, -0.25) is 4.79 Å². The molecule has 0 spiro atoms. The van der Waals surface area contributed by atoms with Crippen LogP contribution >= 0.6 is 0 Å². The monoisotopic (exact) mass is 419 g/mol. The van der Waals surface area contributed by atoms with Crippen LogP contribution in [0, 0.1) is 0 Å². The Kier molecular flexibility index (Phi) is 6.23. The summed E-state index contributed by atoms with van der Waals surface area (Å²) in [6.45, 7) is 2.08. The number of benzene rings is 1. The predicted octanol–water partition coefficient (Wildman–Crippen LogP) is 2.17. The number of carbonyl (C=O) groups is 2. The van der Waals surface area contributed by atoms with Gasteiger partial charge in [0.2, 0.25) is 0 Å². The van der Waals surface area contributed by atoms with Crippen molar-refractivity contribution in [2.75, 3.05) is 38.1 Å². The van der Waals surface area contributed by atoms with Crippen LogP contribution in [-0.2, 0) is 20.3 Å². The first-order valence-corrected chi connectivity index (χ1v) is 9.95. The van der Waals surface area contributed by atoms with Crippen LogP contribution in [0.2, 0.25) is 0 Å². The van der Waals surface area contributed by atoms with Gasteiger partial charge >= 0.3 is 11.5 Å². The molecule has 2 fully saturated rings. The number of urea groups is 1. The molecule has 2 aliphatic rings. The molecule has 2 saturated heterocycles. The van der Waals surface area contributed by atoms with Crippen molar-refractivity contribution in [3.63, 3.8) is 0 Å². The average molecular weight is 419 g/mol. The van der Waals surface area contributed by atoms with Gasteiger partial charge in [-0.25, -0.2) is 9.00 Å². The van der Waals surface area contributed by atoms with E-state index in [-0.39, 0.29) is 16.9 Å². The van der Waals surface area contributed by atoms with Gasteiger partial charge in [-0.1, -0.05) is 0 Å². The fourth-order valence-corrected chi connectivity index (χ4v) is 3.75. The van der Waals surface area contributed by atoms with Crippen LogP contribution in [0.5, 0.6) is 0 Å². The highest BCUT2D eigenvalue weighted by Gasteiger charge is 2.38. The van der Waals surface area contributed by atoms with Crippen LogP contribution in [0.25, 0.3) is 0 Å². The van der Waals surface area contributed by atoms with Crippen molar-refractivity contribution >= 4 is 28.4 Å². The van der Waals surface area contributed by atoms with Gasteiger partial charge in [0.15, 0.2) is 10.8 Å². The molecule has 28 heavy (non-hydrogen) atoms. The lowest BCUT2D eigenvalue weighted by atomic mass is 10.2. The summed E-state index contributed by atoms with van der Waals surface area (Å²) >= 11 is 0. The first kappa shape index (κ1) is 20.6. The minimum Gasteiger partial charge on any atom is -0.368 e. The quantitative estimate of drug-likeness (QED) is 0.815. The molecule has 0 aliphatic carbocycles. The lowest BCUT2D eigenvalue weighted by molar-refractivity contribution is -0.142. The van der Waals surface area contributed by atoms with Crippen LogP contribution in [0.1, 0.15) is 12.8 Å². The highest BCUT2D eigenvalue weighted by molar-refractivity contribution is 7.86. The Morgan fingerprint density at radius 1 is 1.07 bits per heavy atom. The molecule has 0 radical (unpaired) electrons. The van der Waals surface area contributed by atoms with Crippen molar-refractivity contribution in [3.05, 3.63) is 24.3 Å². The van der Waals surface area contributed by atoms with Gasteiger partial charge in [0.05, 0.1) is 0 Å². The van der Waals surface area contributed by atoms with E-state index in [1.807, 2.05) is 0 Å². The fraction of sp³-hybridized carbons (Fsp3) is 0.529. The number of rotatable bonds is 3. The third-order valence-corrected chi connectivity index (χ3v) is 5.73. The van der Waals surface area contributed by atoms with E-state index in [1.54, 1.807) is 4.90 Å². The summed E-state index contributed by atoms with van der Waals surface area (Å²) in [6, 6.07) is 4.27. The van der Waals surface area contributed by atoms with E-state index < -0.39 is 22.3 Å². The highest BCUT2D eigenvalue weighted by atomic mass is 32.2. The number of hydrogen-bond donors (Lipinski definition) is 1. The number of halogens is 3. The normalized spacial score (nSPS) is 21.5. The molecular formula is C17H20F3N3O4S. The second-order valence-electron chi connectivity index (χ2n) is 6.48. The van der Waals surface area contributed by atoms with Crippen LogP contribution in [0.15, 0.2) is 29.2 Å². The molecule has 2 heterocycles. The third-order valence-electron chi connectivity index (χ3n) is 4.61. The Labute approximate surface area is 162 Å². The first-order valence-electron chi connectivity index (χ1n) is 8.80. The average Bonchev–Trinajstić information content (AvgIpc) is 3.21. The maximum Gasteiger partial charge on any atom is 0.475 e. The van der Waals surface area contributed by atoms with Crippen molar-refractivity contribution in [2.45, 2.75) is 29.3 Å². The van der Waals surface area contributed by atoms with Gasteiger partial charge in [-0.15, -0.1) is 0 Å². The van der Waals surface area contributed by atoms with Crippen LogP contribution in [0.3, 0.4) is 0 Å². The van der Waals surface area contributed by atoms with E-state index in [9.17, 15) is 27.0 Å². The van der Waals surface area contributed by atoms with Crippen LogP contribution < -0.4 is 5.32 Å². The molecule has 2 atom stereocenters. The molecule has 154 valence electrons. The summed E-state index contributed by atoms with van der Waals surface area (Å²) in [5.74, 6) is -0.0502. The maximum absolute atomic E-state index is 12.5. The number of nitrogens with one attached hydrogen (secondary N) is 1. The number of anilines is 1. The molecule has 0 saturated carbocycles. The maximum atomic E-state index is 12.5. The highest BCUT2D eigenvalue weighted by Crippen LogP contribution is 2.27. The van der Waals surface area contributed by atoms with Gasteiger partial charge in [0.1, 0.15) is 6.10 Å². The lowest BCUT2D eigenvalue weighted by Crippen LogP contribution is -2.53. The van der Waals surface area contributed by atoms with Gasteiger partial charge in [-0.05, 0) is 37.1 Å². The van der Waals surface area contributed by atoms with Crippen molar-refractivity contribution in [2.24, 2.45) is 0 Å². The van der Waals surface area contributed by atoms with Gasteiger partial charge in [0, 0.05) is 43.4 Å². The standard InChI is InChI=1S/C17H20F3N3O4S/c18-17(19,20)28(26)13-5-3-12(4-6-13)21-16(25)23-9-7-22(8-10-23)15(24)14-2-1-11-27-14/h3-6,14H,1-2,7-11H2,(H,21,25)/t14-,28+/m0/s1. The second-order valence-corrected chi connectivity index (χ2v) is 7.95. The predicted molar refractivity (Wildman–Crippen MR) is 95.1 cm³/mol. The van der Waals surface area contributed by atoms with Crippen LogP contribution in [0.4, 0.5) is 23.7 Å². The zero-order valence-electron chi connectivity index (χ0n) is 14.9. The number of ether oxygens (including phenoxy) is 1. The number of piperazine rings is 1. The van der Waals surface area contributed by atoms with Crippen molar-refractivity contribution in [3.8, 4) is 0 Å². The minimum atomic E-state index is -4.83. The summed E-state index contributed by atoms with van der Waals surface area (Å²) in [7, 11) is -3.11. The number of carbonyl (C=O) groups excluding carboxylic acids is 2. The molecule has 3 amide bonds. The molecule has 0 unspecified atom stereocenters. The smallest absolute Gasteiger partial charge is 0.368 e. The van der Waals surface area contributed by atoms with Crippen molar-refractivity contribution < 1.29 is 31.7 Å². The van der Waals surface area contributed by atoms with Gasteiger partial charge in [0.25, 0.3) is 5.91 Å². The zero-order valence-corrected chi connectivity index (χ0v) is 15.7. The van der Waals surface area contributed by atoms with Gasteiger partial charge in [-0.2, -0.15) is 13.2 Å². The number of amides is 3. The molecule has 11 heteroatoms. The summed E-state index contributed by atoms with van der Waals surface area (Å²) in [5, 5.41) is 2.59. The van der Waals surface area contributed by atoms with Crippen molar-refractivity contribution in [1.82, 2.24) is 9.80 Å². The Morgan fingerprint density at radius 3 is 2.21 bits per heavy atom. The van der Waals surface area contributed by atoms with Crippen molar-refractivity contribution in [1.29, 1.82) is 0 Å². The van der Waals surface area contributed by atoms with Gasteiger partial charge < -0.3 is 19.9 Å². The molecule has 3 rings (SSSR count). The number of alkyl halides is 3. The fourth-order valence-electron chi connectivity index (χ4n) is 3.10. The second kappa shape index (κ2) is 8.48. The van der Waals surface area contributed by atoms with E-state index in [4.69, 9.17) is 4.74 Å². The Morgan fingerprint density at radius 2 is 1.68 bits per heavy atom. The molecule has 0 aromatic heterocycles. The SMILES string of the molecule is O=C(Nc1ccc([S@@](=O)C(F)(F)F)cc1)N1CCN(C(=O)[C@@H]2CCCO2)CC1. The lowest BCUT2D eigenvalue weighted by Gasteiger charge is -2.35. The molecule has 0 bridgehead atoms. The Hall–Kier alpha value is -2.14. The van der Waals surface area contributed by atoms with E-state index in [1.165, 1.54) is 17.0 Å². The Balaban J connectivity index is 1.50. The molecule has 1 aromatic carbocycles. The molecule has 1 aromatic rings. The summed E-state index contributed by atoms with van der Waals surface area (Å²) in [4.78, 5) is 27.5. The molecule has 1 N–H and O–H groups in total.